The van der Waals surface area contributed by atoms with Gasteiger partial charge in [0.25, 0.3) is 0 Å². The molecule has 114 valence electrons. The normalized spacial score (nSPS) is 36.8. The standard InChI is InChI=1S/C19H27NO/c1-11-4-5-17(12(2)19(11)21-3)20-18-15-7-13-6-14(9-15)10-16(18)8-13/h4-5,13-16,18,20H,6-10H2,1-3H3. The Morgan fingerprint density at radius 3 is 2.14 bits per heavy atom. The summed E-state index contributed by atoms with van der Waals surface area (Å²) in [5.74, 6) is 4.95. The van der Waals surface area contributed by atoms with Gasteiger partial charge >= 0.3 is 0 Å². The van der Waals surface area contributed by atoms with Crippen LogP contribution in [0.5, 0.6) is 5.75 Å². The molecule has 4 bridgehead atoms. The maximum Gasteiger partial charge on any atom is 0.126 e. The number of hydrogen-bond donors (Lipinski definition) is 1. The van der Waals surface area contributed by atoms with Gasteiger partial charge in [-0.25, -0.2) is 0 Å². The van der Waals surface area contributed by atoms with Gasteiger partial charge in [-0.3, -0.25) is 0 Å². The first kappa shape index (κ1) is 13.5. The summed E-state index contributed by atoms with van der Waals surface area (Å²) in [6, 6.07) is 5.13. The molecule has 4 saturated carbocycles. The van der Waals surface area contributed by atoms with E-state index in [-0.39, 0.29) is 0 Å². The van der Waals surface area contributed by atoms with E-state index >= 15 is 0 Å². The first-order chi connectivity index (χ1) is 10.2. The van der Waals surface area contributed by atoms with Gasteiger partial charge in [-0.05, 0) is 81.3 Å². The third-order valence-corrected chi connectivity index (χ3v) is 6.36. The van der Waals surface area contributed by atoms with Crippen LogP contribution in [-0.2, 0) is 0 Å². The quantitative estimate of drug-likeness (QED) is 0.879. The Bertz CT molecular complexity index is 523. The Balaban J connectivity index is 1.59. The smallest absolute Gasteiger partial charge is 0.126 e. The van der Waals surface area contributed by atoms with Crippen molar-refractivity contribution in [2.24, 2.45) is 23.7 Å². The van der Waals surface area contributed by atoms with Crippen molar-refractivity contribution in [3.05, 3.63) is 23.3 Å². The van der Waals surface area contributed by atoms with Crippen molar-refractivity contribution in [3.63, 3.8) is 0 Å². The highest BCUT2D eigenvalue weighted by molar-refractivity contribution is 5.60. The molecule has 0 heterocycles. The molecule has 2 nitrogen and oxygen atoms in total. The van der Waals surface area contributed by atoms with E-state index in [9.17, 15) is 0 Å². The van der Waals surface area contributed by atoms with Gasteiger partial charge in [-0.2, -0.15) is 0 Å². The van der Waals surface area contributed by atoms with E-state index in [1.165, 1.54) is 48.9 Å². The van der Waals surface area contributed by atoms with E-state index in [4.69, 9.17) is 4.74 Å². The third kappa shape index (κ3) is 2.15. The van der Waals surface area contributed by atoms with Crippen molar-refractivity contribution in [1.29, 1.82) is 0 Å². The van der Waals surface area contributed by atoms with E-state index in [1.54, 1.807) is 7.11 Å². The number of aryl methyl sites for hydroxylation is 1. The minimum atomic E-state index is 0.698. The molecule has 0 saturated heterocycles. The van der Waals surface area contributed by atoms with Gasteiger partial charge in [0, 0.05) is 17.3 Å². The fourth-order valence-corrected chi connectivity index (χ4v) is 5.64. The Hall–Kier alpha value is -1.18. The molecular formula is C19H27NO. The summed E-state index contributed by atoms with van der Waals surface area (Å²) in [4.78, 5) is 0. The van der Waals surface area contributed by atoms with E-state index < -0.39 is 0 Å². The van der Waals surface area contributed by atoms with Crippen LogP contribution in [0.3, 0.4) is 0 Å². The van der Waals surface area contributed by atoms with Gasteiger partial charge in [0.2, 0.25) is 0 Å². The topological polar surface area (TPSA) is 21.3 Å². The van der Waals surface area contributed by atoms with Crippen LogP contribution >= 0.6 is 0 Å². The van der Waals surface area contributed by atoms with Crippen LogP contribution in [0.1, 0.15) is 43.2 Å². The zero-order valence-corrected chi connectivity index (χ0v) is 13.5. The summed E-state index contributed by atoms with van der Waals surface area (Å²) in [6.07, 6.45) is 7.38. The molecule has 0 unspecified atom stereocenters. The van der Waals surface area contributed by atoms with Crippen LogP contribution in [0, 0.1) is 37.5 Å². The molecule has 1 N–H and O–H groups in total. The Labute approximate surface area is 128 Å². The largest absolute Gasteiger partial charge is 0.496 e. The molecule has 5 rings (SSSR count). The highest BCUT2D eigenvalue weighted by Gasteiger charge is 2.48. The number of ether oxygens (including phenoxy) is 1. The van der Waals surface area contributed by atoms with Gasteiger partial charge in [0.15, 0.2) is 0 Å². The molecule has 0 aromatic heterocycles. The minimum absolute atomic E-state index is 0.698. The van der Waals surface area contributed by atoms with E-state index in [0.717, 1.165) is 29.4 Å². The van der Waals surface area contributed by atoms with Gasteiger partial charge in [0.1, 0.15) is 5.75 Å². The number of benzene rings is 1. The second-order valence-corrected chi connectivity index (χ2v) is 7.69. The summed E-state index contributed by atoms with van der Waals surface area (Å²) in [5, 5.41) is 3.91. The summed E-state index contributed by atoms with van der Waals surface area (Å²) in [7, 11) is 1.78. The summed E-state index contributed by atoms with van der Waals surface area (Å²) >= 11 is 0. The van der Waals surface area contributed by atoms with Crippen LogP contribution in [0.2, 0.25) is 0 Å². The predicted octanol–water partition coefficient (Wildman–Crippen LogP) is 4.55. The average Bonchev–Trinajstić information content (AvgIpc) is 2.45. The van der Waals surface area contributed by atoms with Crippen molar-refractivity contribution in [1.82, 2.24) is 0 Å². The van der Waals surface area contributed by atoms with E-state index in [2.05, 4.69) is 31.3 Å². The predicted molar refractivity (Wildman–Crippen MR) is 86.9 cm³/mol. The molecule has 0 amide bonds. The molecule has 4 aliphatic rings. The summed E-state index contributed by atoms with van der Waals surface area (Å²) in [5.41, 5.74) is 3.78. The summed E-state index contributed by atoms with van der Waals surface area (Å²) in [6.45, 7) is 4.31. The zero-order chi connectivity index (χ0) is 14.6. The molecule has 4 fully saturated rings. The molecule has 2 heteroatoms. The van der Waals surface area contributed by atoms with E-state index in [1.807, 2.05) is 0 Å². The van der Waals surface area contributed by atoms with Crippen LogP contribution in [-0.4, -0.2) is 13.2 Å². The van der Waals surface area contributed by atoms with Crippen LogP contribution in [0.4, 0.5) is 5.69 Å². The molecule has 21 heavy (non-hydrogen) atoms. The fraction of sp³-hybridized carbons (Fsp3) is 0.684. The molecule has 0 radical (unpaired) electrons. The van der Waals surface area contributed by atoms with Gasteiger partial charge < -0.3 is 10.1 Å². The molecule has 1 aromatic carbocycles. The zero-order valence-electron chi connectivity index (χ0n) is 13.5. The average molecular weight is 285 g/mol. The Morgan fingerprint density at radius 1 is 0.952 bits per heavy atom. The van der Waals surface area contributed by atoms with E-state index in [0.29, 0.717) is 6.04 Å². The van der Waals surface area contributed by atoms with Crippen molar-refractivity contribution in [2.45, 2.75) is 52.0 Å². The number of nitrogens with one attached hydrogen (secondary N) is 1. The van der Waals surface area contributed by atoms with Crippen LogP contribution in [0.15, 0.2) is 12.1 Å². The second-order valence-electron chi connectivity index (χ2n) is 7.69. The van der Waals surface area contributed by atoms with Gasteiger partial charge in [-0.1, -0.05) is 6.07 Å². The number of rotatable bonds is 3. The van der Waals surface area contributed by atoms with Crippen molar-refractivity contribution in [3.8, 4) is 5.75 Å². The number of anilines is 1. The lowest BCUT2D eigenvalue weighted by Gasteiger charge is -2.54. The highest BCUT2D eigenvalue weighted by Crippen LogP contribution is 2.54. The molecule has 0 atom stereocenters. The summed E-state index contributed by atoms with van der Waals surface area (Å²) < 4.78 is 5.58. The van der Waals surface area contributed by atoms with Crippen LogP contribution < -0.4 is 10.1 Å². The minimum Gasteiger partial charge on any atom is -0.496 e. The van der Waals surface area contributed by atoms with Crippen molar-refractivity contribution < 1.29 is 4.74 Å². The van der Waals surface area contributed by atoms with Crippen LogP contribution in [0.25, 0.3) is 0 Å². The third-order valence-electron chi connectivity index (χ3n) is 6.36. The maximum atomic E-state index is 5.58. The van der Waals surface area contributed by atoms with Gasteiger partial charge in [0.05, 0.1) is 7.11 Å². The number of methoxy groups -OCH3 is 1. The Morgan fingerprint density at radius 2 is 1.57 bits per heavy atom. The first-order valence-electron chi connectivity index (χ1n) is 8.56. The van der Waals surface area contributed by atoms with Crippen molar-refractivity contribution >= 4 is 5.69 Å². The second kappa shape index (κ2) is 4.93. The van der Waals surface area contributed by atoms with Crippen molar-refractivity contribution in [2.75, 3.05) is 12.4 Å². The lowest BCUT2D eigenvalue weighted by Crippen LogP contribution is -2.51. The molecule has 1 aromatic rings. The molecule has 0 aliphatic heterocycles. The monoisotopic (exact) mass is 285 g/mol. The van der Waals surface area contributed by atoms with Gasteiger partial charge in [-0.15, -0.1) is 0 Å². The molecule has 0 spiro atoms. The lowest BCUT2D eigenvalue weighted by atomic mass is 9.54. The maximum absolute atomic E-state index is 5.58. The first-order valence-corrected chi connectivity index (χ1v) is 8.56. The highest BCUT2D eigenvalue weighted by atomic mass is 16.5. The molecule has 4 aliphatic carbocycles. The number of hydrogen-bond acceptors (Lipinski definition) is 2. The Kier molecular flexibility index (Phi) is 3.16. The molecular weight excluding hydrogens is 258 g/mol. The SMILES string of the molecule is COc1c(C)ccc(NC2C3CC4CC(C3)CC2C4)c1C. The fourth-order valence-electron chi connectivity index (χ4n) is 5.64. The lowest BCUT2D eigenvalue weighted by molar-refractivity contribution is 0.00752.